The van der Waals surface area contributed by atoms with Crippen LogP contribution in [0.5, 0.6) is 5.75 Å². The molecule has 2 N–H and O–H groups in total. The van der Waals surface area contributed by atoms with Gasteiger partial charge in [0.1, 0.15) is 5.75 Å². The van der Waals surface area contributed by atoms with Crippen LogP contribution in [0.3, 0.4) is 0 Å². The zero-order chi connectivity index (χ0) is 14.5. The number of aryl methyl sites for hydroxylation is 1. The third-order valence-electron chi connectivity index (χ3n) is 3.58. The van der Waals surface area contributed by atoms with E-state index >= 15 is 0 Å². The number of nitrogens with two attached hydrogens (primary N) is 1. The molecule has 20 heavy (non-hydrogen) atoms. The SMILES string of the molecule is CCn1cncc1C(CN)N(C)c1cccc(OC)c1. The lowest BCUT2D eigenvalue weighted by Gasteiger charge is -2.29. The number of methoxy groups -OCH3 is 1. The first kappa shape index (κ1) is 14.4. The molecule has 1 aromatic heterocycles. The Kier molecular flexibility index (Phi) is 4.63. The van der Waals surface area contributed by atoms with Crippen molar-refractivity contribution in [2.24, 2.45) is 5.73 Å². The number of hydrogen-bond donors (Lipinski definition) is 1. The van der Waals surface area contributed by atoms with Crippen LogP contribution >= 0.6 is 0 Å². The Bertz CT molecular complexity index is 552. The lowest BCUT2D eigenvalue weighted by Crippen LogP contribution is -2.32. The third-order valence-corrected chi connectivity index (χ3v) is 3.58. The highest BCUT2D eigenvalue weighted by molar-refractivity contribution is 5.51. The molecule has 0 bridgehead atoms. The molecular weight excluding hydrogens is 252 g/mol. The minimum absolute atomic E-state index is 0.0876. The van der Waals surface area contributed by atoms with E-state index < -0.39 is 0 Å². The summed E-state index contributed by atoms with van der Waals surface area (Å²) in [6.07, 6.45) is 3.73. The van der Waals surface area contributed by atoms with E-state index in [0.717, 1.165) is 23.7 Å². The smallest absolute Gasteiger partial charge is 0.120 e. The number of ether oxygens (including phenoxy) is 1. The fourth-order valence-electron chi connectivity index (χ4n) is 2.36. The molecule has 5 nitrogen and oxygen atoms in total. The van der Waals surface area contributed by atoms with Crippen LogP contribution in [0.15, 0.2) is 36.8 Å². The molecule has 0 fully saturated rings. The minimum Gasteiger partial charge on any atom is -0.497 e. The fraction of sp³-hybridized carbons (Fsp3) is 0.400. The van der Waals surface area contributed by atoms with E-state index in [1.54, 1.807) is 7.11 Å². The summed E-state index contributed by atoms with van der Waals surface area (Å²) in [5.74, 6) is 0.842. The standard InChI is InChI=1S/C15H22N4O/c1-4-19-11-17-10-15(19)14(9-16)18(2)12-6-5-7-13(8-12)20-3/h5-8,10-11,14H,4,9,16H2,1-3H3. The summed E-state index contributed by atoms with van der Waals surface area (Å²) in [4.78, 5) is 6.39. The van der Waals surface area contributed by atoms with Gasteiger partial charge >= 0.3 is 0 Å². The molecule has 108 valence electrons. The first-order valence-corrected chi connectivity index (χ1v) is 6.78. The number of hydrogen-bond acceptors (Lipinski definition) is 4. The van der Waals surface area contributed by atoms with E-state index in [2.05, 4.69) is 27.4 Å². The summed E-state index contributed by atoms with van der Waals surface area (Å²) in [7, 11) is 3.71. The molecule has 0 saturated heterocycles. The molecule has 5 heteroatoms. The molecule has 1 aromatic carbocycles. The van der Waals surface area contributed by atoms with Crippen molar-refractivity contribution in [2.45, 2.75) is 19.5 Å². The summed E-state index contributed by atoms with van der Waals surface area (Å²) in [6, 6.07) is 8.07. The second-order valence-corrected chi connectivity index (χ2v) is 4.67. The van der Waals surface area contributed by atoms with Gasteiger partial charge in [0, 0.05) is 31.9 Å². The molecule has 0 radical (unpaired) electrons. The molecule has 2 aromatic rings. The minimum atomic E-state index is 0.0876. The molecule has 1 unspecified atom stereocenters. The molecular formula is C15H22N4O. The Morgan fingerprint density at radius 2 is 2.25 bits per heavy atom. The molecule has 1 heterocycles. The van der Waals surface area contributed by atoms with Crippen molar-refractivity contribution in [3.63, 3.8) is 0 Å². The Hall–Kier alpha value is -2.01. The van der Waals surface area contributed by atoms with Crippen molar-refractivity contribution in [3.8, 4) is 5.75 Å². The van der Waals surface area contributed by atoms with Gasteiger partial charge in [-0.2, -0.15) is 0 Å². The fourth-order valence-corrected chi connectivity index (χ4v) is 2.36. The van der Waals surface area contributed by atoms with E-state index in [1.807, 2.05) is 37.8 Å². The first-order valence-electron chi connectivity index (χ1n) is 6.78. The molecule has 0 spiro atoms. The number of anilines is 1. The number of aromatic nitrogens is 2. The van der Waals surface area contributed by atoms with E-state index in [4.69, 9.17) is 10.5 Å². The van der Waals surface area contributed by atoms with Gasteiger partial charge in [-0.05, 0) is 19.1 Å². The molecule has 2 rings (SSSR count). The predicted octanol–water partition coefficient (Wildman–Crippen LogP) is 2.05. The summed E-state index contributed by atoms with van der Waals surface area (Å²) in [5.41, 5.74) is 8.18. The van der Waals surface area contributed by atoms with Gasteiger partial charge in [0.05, 0.1) is 31.4 Å². The second kappa shape index (κ2) is 6.43. The average molecular weight is 274 g/mol. The molecule has 0 amide bonds. The first-order chi connectivity index (χ1) is 9.71. The van der Waals surface area contributed by atoms with E-state index in [0.29, 0.717) is 6.54 Å². The Labute approximate surface area is 120 Å². The average Bonchev–Trinajstić information content (AvgIpc) is 2.96. The van der Waals surface area contributed by atoms with Crippen molar-refractivity contribution in [1.29, 1.82) is 0 Å². The van der Waals surface area contributed by atoms with Gasteiger partial charge < -0.3 is 19.9 Å². The number of imidazole rings is 1. The summed E-state index contributed by atoms with van der Waals surface area (Å²) >= 11 is 0. The van der Waals surface area contributed by atoms with Crippen LogP contribution in [0.1, 0.15) is 18.7 Å². The Balaban J connectivity index is 2.31. The summed E-state index contributed by atoms with van der Waals surface area (Å²) in [5, 5.41) is 0. The van der Waals surface area contributed by atoms with Crippen LogP contribution in [0, 0.1) is 0 Å². The van der Waals surface area contributed by atoms with Crippen molar-refractivity contribution in [3.05, 3.63) is 42.5 Å². The van der Waals surface area contributed by atoms with Crippen LogP contribution < -0.4 is 15.4 Å². The maximum atomic E-state index is 5.98. The zero-order valence-corrected chi connectivity index (χ0v) is 12.3. The van der Waals surface area contributed by atoms with E-state index in [-0.39, 0.29) is 6.04 Å². The molecule has 0 aliphatic carbocycles. The summed E-state index contributed by atoms with van der Waals surface area (Å²) < 4.78 is 7.40. The number of benzene rings is 1. The maximum Gasteiger partial charge on any atom is 0.120 e. The Morgan fingerprint density at radius 1 is 1.45 bits per heavy atom. The summed E-state index contributed by atoms with van der Waals surface area (Å²) in [6.45, 7) is 3.52. The molecule has 0 aliphatic rings. The van der Waals surface area contributed by atoms with Crippen LogP contribution in [-0.2, 0) is 6.54 Å². The Morgan fingerprint density at radius 3 is 2.90 bits per heavy atom. The second-order valence-electron chi connectivity index (χ2n) is 4.67. The highest BCUT2D eigenvalue weighted by atomic mass is 16.5. The monoisotopic (exact) mass is 274 g/mol. The zero-order valence-electron chi connectivity index (χ0n) is 12.3. The molecule has 0 saturated carbocycles. The van der Waals surface area contributed by atoms with Crippen LogP contribution in [-0.4, -0.2) is 30.3 Å². The van der Waals surface area contributed by atoms with Gasteiger partial charge in [0.2, 0.25) is 0 Å². The topological polar surface area (TPSA) is 56.3 Å². The number of nitrogens with zero attached hydrogens (tertiary/aromatic N) is 3. The van der Waals surface area contributed by atoms with Gasteiger partial charge in [-0.3, -0.25) is 0 Å². The largest absolute Gasteiger partial charge is 0.497 e. The lowest BCUT2D eigenvalue weighted by molar-refractivity contribution is 0.414. The quantitative estimate of drug-likeness (QED) is 0.876. The highest BCUT2D eigenvalue weighted by Gasteiger charge is 2.19. The lowest BCUT2D eigenvalue weighted by atomic mass is 10.1. The van der Waals surface area contributed by atoms with Crippen molar-refractivity contribution < 1.29 is 4.74 Å². The van der Waals surface area contributed by atoms with Crippen LogP contribution in [0.4, 0.5) is 5.69 Å². The normalized spacial score (nSPS) is 12.2. The van der Waals surface area contributed by atoms with E-state index in [1.165, 1.54) is 0 Å². The van der Waals surface area contributed by atoms with Crippen LogP contribution in [0.25, 0.3) is 0 Å². The molecule has 0 aliphatic heterocycles. The number of rotatable bonds is 6. The number of likely N-dealkylation sites (N-methyl/N-ethyl adjacent to an activating group) is 1. The third kappa shape index (κ3) is 2.77. The van der Waals surface area contributed by atoms with Gasteiger partial charge in [-0.1, -0.05) is 6.07 Å². The van der Waals surface area contributed by atoms with Gasteiger partial charge in [0.15, 0.2) is 0 Å². The van der Waals surface area contributed by atoms with Gasteiger partial charge in [0.25, 0.3) is 0 Å². The van der Waals surface area contributed by atoms with E-state index in [9.17, 15) is 0 Å². The maximum absolute atomic E-state index is 5.98. The van der Waals surface area contributed by atoms with Crippen molar-refractivity contribution in [1.82, 2.24) is 9.55 Å². The van der Waals surface area contributed by atoms with Crippen molar-refractivity contribution >= 4 is 5.69 Å². The van der Waals surface area contributed by atoms with Crippen LogP contribution in [0.2, 0.25) is 0 Å². The van der Waals surface area contributed by atoms with Crippen molar-refractivity contribution in [2.75, 3.05) is 25.6 Å². The van der Waals surface area contributed by atoms with Gasteiger partial charge in [-0.15, -0.1) is 0 Å². The molecule has 1 atom stereocenters. The van der Waals surface area contributed by atoms with Gasteiger partial charge in [-0.25, -0.2) is 4.98 Å². The predicted molar refractivity (Wildman–Crippen MR) is 81.1 cm³/mol. The highest BCUT2D eigenvalue weighted by Crippen LogP contribution is 2.27.